The number of hydrogen-bond acceptors (Lipinski definition) is 4. The second-order valence-electron chi connectivity index (χ2n) is 5.79. The van der Waals surface area contributed by atoms with Crippen LogP contribution >= 0.6 is 0 Å². The molecular formula is C19H17N3O3. The van der Waals surface area contributed by atoms with Crippen LogP contribution in [0.15, 0.2) is 47.3 Å². The van der Waals surface area contributed by atoms with Crippen molar-refractivity contribution in [1.29, 1.82) is 0 Å². The molecule has 0 saturated carbocycles. The molecule has 2 aromatic carbocycles. The van der Waals surface area contributed by atoms with Gasteiger partial charge in [-0.1, -0.05) is 0 Å². The number of H-pyrrole nitrogens is 1. The van der Waals surface area contributed by atoms with Gasteiger partial charge in [0, 0.05) is 16.3 Å². The Hall–Kier alpha value is -3.28. The Labute approximate surface area is 143 Å². The van der Waals surface area contributed by atoms with Gasteiger partial charge in [-0.3, -0.25) is 4.79 Å². The lowest BCUT2D eigenvalue weighted by atomic mass is 10.1. The van der Waals surface area contributed by atoms with Gasteiger partial charge in [-0.2, -0.15) is 9.78 Å². The molecule has 2 heterocycles. The number of benzene rings is 2. The minimum Gasteiger partial charge on any atom is -0.497 e. The summed E-state index contributed by atoms with van der Waals surface area (Å²) >= 11 is 0. The van der Waals surface area contributed by atoms with Gasteiger partial charge in [-0.05, 0) is 49.4 Å². The SMILES string of the molecule is COc1ccc(-n2nc(C)c3c([nH]c4ccc(OC)cc43)c2=O)cc1. The highest BCUT2D eigenvalue weighted by molar-refractivity contribution is 6.08. The van der Waals surface area contributed by atoms with Crippen molar-refractivity contribution in [2.24, 2.45) is 0 Å². The smallest absolute Gasteiger partial charge is 0.295 e. The number of methoxy groups -OCH3 is 2. The molecule has 1 N–H and O–H groups in total. The van der Waals surface area contributed by atoms with E-state index in [1.165, 1.54) is 4.68 Å². The Morgan fingerprint density at radius 2 is 1.68 bits per heavy atom. The standard InChI is InChI=1S/C19H17N3O3/c1-11-17-15-10-14(25-3)8-9-16(15)20-18(17)19(23)22(21-11)12-4-6-13(24-2)7-5-12/h4-10,20H,1-3H3. The molecule has 126 valence electrons. The van der Waals surface area contributed by atoms with Crippen molar-refractivity contribution in [3.63, 3.8) is 0 Å². The normalized spacial score (nSPS) is 11.2. The van der Waals surface area contributed by atoms with Crippen LogP contribution in [0.2, 0.25) is 0 Å². The molecule has 0 spiro atoms. The van der Waals surface area contributed by atoms with Crippen LogP contribution in [0.3, 0.4) is 0 Å². The van der Waals surface area contributed by atoms with E-state index in [0.29, 0.717) is 11.2 Å². The van der Waals surface area contributed by atoms with Gasteiger partial charge < -0.3 is 14.5 Å². The molecular weight excluding hydrogens is 318 g/mol. The number of ether oxygens (including phenoxy) is 2. The summed E-state index contributed by atoms with van der Waals surface area (Å²) in [5.74, 6) is 1.47. The Balaban J connectivity index is 2.00. The summed E-state index contributed by atoms with van der Waals surface area (Å²) in [4.78, 5) is 16.2. The molecule has 0 aliphatic carbocycles. The van der Waals surface area contributed by atoms with Crippen molar-refractivity contribution < 1.29 is 9.47 Å². The van der Waals surface area contributed by atoms with E-state index in [1.54, 1.807) is 26.4 Å². The first-order valence-electron chi connectivity index (χ1n) is 7.86. The lowest BCUT2D eigenvalue weighted by molar-refractivity contribution is 0.414. The molecule has 4 aromatic rings. The maximum atomic E-state index is 13.0. The Morgan fingerprint density at radius 1 is 1.00 bits per heavy atom. The second-order valence-corrected chi connectivity index (χ2v) is 5.79. The van der Waals surface area contributed by atoms with E-state index in [2.05, 4.69) is 10.1 Å². The second kappa shape index (κ2) is 5.66. The summed E-state index contributed by atoms with van der Waals surface area (Å²) in [5, 5.41) is 6.26. The van der Waals surface area contributed by atoms with Gasteiger partial charge in [0.15, 0.2) is 0 Å². The highest BCUT2D eigenvalue weighted by Gasteiger charge is 2.15. The van der Waals surface area contributed by atoms with Gasteiger partial charge in [0.1, 0.15) is 17.0 Å². The number of fused-ring (bicyclic) bond motifs is 3. The molecule has 6 heteroatoms. The number of rotatable bonds is 3. The maximum absolute atomic E-state index is 13.0. The van der Waals surface area contributed by atoms with Crippen LogP contribution in [0.25, 0.3) is 27.5 Å². The molecule has 6 nitrogen and oxygen atoms in total. The number of nitrogens with zero attached hydrogens (tertiary/aromatic N) is 2. The lowest BCUT2D eigenvalue weighted by Crippen LogP contribution is -2.22. The van der Waals surface area contributed by atoms with Crippen molar-refractivity contribution >= 4 is 21.8 Å². The summed E-state index contributed by atoms with van der Waals surface area (Å²) in [7, 11) is 3.23. The minimum absolute atomic E-state index is 0.194. The molecule has 2 aromatic heterocycles. The first kappa shape index (κ1) is 15.3. The first-order chi connectivity index (χ1) is 12.1. The molecule has 0 fully saturated rings. The van der Waals surface area contributed by atoms with Gasteiger partial charge in [0.25, 0.3) is 5.56 Å². The van der Waals surface area contributed by atoms with E-state index in [9.17, 15) is 4.79 Å². The van der Waals surface area contributed by atoms with E-state index in [1.807, 2.05) is 37.3 Å². The monoisotopic (exact) mass is 335 g/mol. The number of nitrogens with one attached hydrogen (secondary N) is 1. The molecule has 0 bridgehead atoms. The topological polar surface area (TPSA) is 69.1 Å². The van der Waals surface area contributed by atoms with E-state index in [-0.39, 0.29) is 5.56 Å². The van der Waals surface area contributed by atoms with E-state index >= 15 is 0 Å². The van der Waals surface area contributed by atoms with E-state index in [0.717, 1.165) is 33.5 Å². The summed E-state index contributed by atoms with van der Waals surface area (Å²) in [6, 6.07) is 12.9. The Bertz CT molecular complexity index is 1140. The molecule has 4 rings (SSSR count). The maximum Gasteiger partial charge on any atom is 0.295 e. The summed E-state index contributed by atoms with van der Waals surface area (Å²) in [5.41, 5.74) is 2.68. The van der Waals surface area contributed by atoms with Crippen molar-refractivity contribution in [3.8, 4) is 17.2 Å². The van der Waals surface area contributed by atoms with E-state index < -0.39 is 0 Å². The van der Waals surface area contributed by atoms with Crippen molar-refractivity contribution in [2.45, 2.75) is 6.92 Å². The number of hydrogen-bond donors (Lipinski definition) is 1. The van der Waals surface area contributed by atoms with Crippen LogP contribution in [0, 0.1) is 6.92 Å². The summed E-state index contributed by atoms with van der Waals surface area (Å²) in [6.45, 7) is 1.90. The van der Waals surface area contributed by atoms with E-state index in [4.69, 9.17) is 9.47 Å². The summed E-state index contributed by atoms with van der Waals surface area (Å²) in [6.07, 6.45) is 0. The van der Waals surface area contributed by atoms with Crippen LogP contribution in [0.5, 0.6) is 11.5 Å². The quantitative estimate of drug-likeness (QED) is 0.624. The highest BCUT2D eigenvalue weighted by Crippen LogP contribution is 2.29. The molecule has 0 aliphatic heterocycles. The van der Waals surface area contributed by atoms with Crippen molar-refractivity contribution in [1.82, 2.24) is 14.8 Å². The van der Waals surface area contributed by atoms with Crippen molar-refractivity contribution in [3.05, 3.63) is 58.5 Å². The molecule has 0 aliphatic rings. The molecule has 0 atom stereocenters. The third kappa shape index (κ3) is 2.34. The number of aromatic amines is 1. The number of aromatic nitrogens is 3. The molecule has 25 heavy (non-hydrogen) atoms. The third-order valence-electron chi connectivity index (χ3n) is 4.34. The van der Waals surface area contributed by atoms with Crippen LogP contribution < -0.4 is 15.0 Å². The van der Waals surface area contributed by atoms with Gasteiger partial charge in [-0.25, -0.2) is 0 Å². The van der Waals surface area contributed by atoms with Crippen molar-refractivity contribution in [2.75, 3.05) is 14.2 Å². The van der Waals surface area contributed by atoms with Crippen LogP contribution in [-0.4, -0.2) is 29.0 Å². The fourth-order valence-corrected chi connectivity index (χ4v) is 3.08. The fraction of sp³-hybridized carbons (Fsp3) is 0.158. The van der Waals surface area contributed by atoms with Crippen LogP contribution in [0.1, 0.15) is 5.69 Å². The Morgan fingerprint density at radius 3 is 2.36 bits per heavy atom. The van der Waals surface area contributed by atoms with Crippen LogP contribution in [-0.2, 0) is 0 Å². The predicted octanol–water partition coefficient (Wildman–Crippen LogP) is 3.19. The average Bonchev–Trinajstić information content (AvgIpc) is 3.04. The zero-order valence-corrected chi connectivity index (χ0v) is 14.2. The highest BCUT2D eigenvalue weighted by atomic mass is 16.5. The molecule has 0 saturated heterocycles. The zero-order chi connectivity index (χ0) is 17.6. The molecule has 0 unspecified atom stereocenters. The molecule has 0 radical (unpaired) electrons. The lowest BCUT2D eigenvalue weighted by Gasteiger charge is -2.08. The summed E-state index contributed by atoms with van der Waals surface area (Å²) < 4.78 is 11.9. The Kier molecular flexibility index (Phi) is 3.46. The minimum atomic E-state index is -0.194. The molecule has 0 amide bonds. The largest absolute Gasteiger partial charge is 0.497 e. The fourth-order valence-electron chi connectivity index (χ4n) is 3.08. The van der Waals surface area contributed by atoms with Gasteiger partial charge in [0.05, 0.1) is 25.6 Å². The number of aryl methyl sites for hydroxylation is 1. The van der Waals surface area contributed by atoms with Gasteiger partial charge in [-0.15, -0.1) is 0 Å². The average molecular weight is 335 g/mol. The third-order valence-corrected chi connectivity index (χ3v) is 4.34. The first-order valence-corrected chi connectivity index (χ1v) is 7.86. The van der Waals surface area contributed by atoms with Crippen LogP contribution in [0.4, 0.5) is 0 Å². The zero-order valence-electron chi connectivity index (χ0n) is 14.2. The van der Waals surface area contributed by atoms with Gasteiger partial charge >= 0.3 is 0 Å². The predicted molar refractivity (Wildman–Crippen MR) is 97.0 cm³/mol. The van der Waals surface area contributed by atoms with Gasteiger partial charge in [0.2, 0.25) is 0 Å².